The molecule has 0 saturated carbocycles. The lowest BCUT2D eigenvalue weighted by atomic mass is 10.1. The van der Waals surface area contributed by atoms with E-state index in [-0.39, 0.29) is 0 Å². The van der Waals surface area contributed by atoms with Gasteiger partial charge in [0.05, 0.1) is 5.69 Å². The molecule has 0 unspecified atom stereocenters. The van der Waals surface area contributed by atoms with Crippen molar-refractivity contribution < 1.29 is 4.79 Å². The molecule has 0 spiro atoms. The fraction of sp³-hybridized carbons (Fsp3) is 0.231. The molecule has 82 valence electrons. The number of hydrogen-bond acceptors (Lipinski definition) is 2. The highest BCUT2D eigenvalue weighted by molar-refractivity contribution is 5.83. The van der Waals surface area contributed by atoms with Crippen LogP contribution >= 0.6 is 0 Å². The first-order chi connectivity index (χ1) is 7.85. The van der Waals surface area contributed by atoms with Crippen LogP contribution in [0.15, 0.2) is 30.3 Å². The van der Waals surface area contributed by atoms with Crippen molar-refractivity contribution in [2.24, 2.45) is 0 Å². The zero-order valence-electron chi connectivity index (χ0n) is 9.23. The third-order valence-electron chi connectivity index (χ3n) is 2.43. The van der Waals surface area contributed by atoms with Gasteiger partial charge in [0.2, 0.25) is 0 Å². The minimum Gasteiger partial charge on any atom is -0.339 e. The largest absolute Gasteiger partial charge is 0.339 e. The van der Waals surface area contributed by atoms with Gasteiger partial charge in [0.1, 0.15) is 11.5 Å². The van der Waals surface area contributed by atoms with E-state index in [2.05, 4.69) is 16.9 Å². The van der Waals surface area contributed by atoms with E-state index in [4.69, 9.17) is 0 Å². The summed E-state index contributed by atoms with van der Waals surface area (Å²) in [6, 6.07) is 9.75. The quantitative estimate of drug-likeness (QED) is 0.795. The maximum Gasteiger partial charge on any atom is 0.168 e. The molecule has 16 heavy (non-hydrogen) atoms. The molecule has 0 radical (unpaired) electrons. The number of hydrogen-bond donors (Lipinski definition) is 1. The third-order valence-corrected chi connectivity index (χ3v) is 2.43. The number of H-pyrrole nitrogens is 1. The molecular formula is C13H14N2O. The van der Waals surface area contributed by atoms with E-state index in [0.717, 1.165) is 36.2 Å². The van der Waals surface area contributed by atoms with Crippen molar-refractivity contribution >= 4 is 6.29 Å². The standard InChI is InChI=1S/C13H14N2O/c1-2-6-12-14-11(9-16)13(15-12)10-7-4-3-5-8-10/h3-5,7-9H,2,6H2,1H3,(H,14,15). The number of aromatic amines is 1. The lowest BCUT2D eigenvalue weighted by Crippen LogP contribution is -1.85. The summed E-state index contributed by atoms with van der Waals surface area (Å²) in [6.45, 7) is 2.09. The number of aryl methyl sites for hydroxylation is 1. The summed E-state index contributed by atoms with van der Waals surface area (Å²) in [5.41, 5.74) is 2.29. The van der Waals surface area contributed by atoms with Gasteiger partial charge in [0, 0.05) is 12.0 Å². The number of aromatic nitrogens is 2. The molecule has 0 atom stereocenters. The minimum atomic E-state index is 0.564. The van der Waals surface area contributed by atoms with Gasteiger partial charge in [-0.15, -0.1) is 0 Å². The molecule has 0 aliphatic rings. The molecule has 1 heterocycles. The van der Waals surface area contributed by atoms with Crippen LogP contribution in [0, 0.1) is 0 Å². The minimum absolute atomic E-state index is 0.564. The Labute approximate surface area is 94.5 Å². The van der Waals surface area contributed by atoms with Crippen molar-refractivity contribution in [2.75, 3.05) is 0 Å². The number of nitrogens with zero attached hydrogens (tertiary/aromatic N) is 1. The summed E-state index contributed by atoms with van der Waals surface area (Å²) in [7, 11) is 0. The number of carbonyl (C=O) groups is 1. The van der Waals surface area contributed by atoms with Crippen LogP contribution < -0.4 is 0 Å². The highest BCUT2D eigenvalue weighted by Gasteiger charge is 2.10. The number of imidazole rings is 1. The predicted molar refractivity (Wildman–Crippen MR) is 63.4 cm³/mol. The van der Waals surface area contributed by atoms with Crippen LogP contribution in [0.25, 0.3) is 11.3 Å². The van der Waals surface area contributed by atoms with Gasteiger partial charge < -0.3 is 4.98 Å². The first-order valence-corrected chi connectivity index (χ1v) is 5.44. The zero-order chi connectivity index (χ0) is 11.4. The normalized spacial score (nSPS) is 10.3. The molecule has 0 fully saturated rings. The van der Waals surface area contributed by atoms with E-state index in [1.165, 1.54) is 0 Å². The number of rotatable bonds is 4. The van der Waals surface area contributed by atoms with Gasteiger partial charge in [-0.2, -0.15) is 0 Å². The highest BCUT2D eigenvalue weighted by Crippen LogP contribution is 2.20. The summed E-state index contributed by atoms with van der Waals surface area (Å²) < 4.78 is 0. The Balaban J connectivity index is 2.43. The zero-order valence-corrected chi connectivity index (χ0v) is 9.23. The Bertz CT molecular complexity index is 474. The van der Waals surface area contributed by atoms with Crippen molar-refractivity contribution in [1.29, 1.82) is 0 Å². The highest BCUT2D eigenvalue weighted by atomic mass is 16.1. The van der Waals surface area contributed by atoms with Gasteiger partial charge in [-0.05, 0) is 6.42 Å². The maximum absolute atomic E-state index is 10.9. The molecule has 0 amide bonds. The Morgan fingerprint density at radius 3 is 2.69 bits per heavy atom. The first-order valence-electron chi connectivity index (χ1n) is 5.44. The summed E-state index contributed by atoms with van der Waals surface area (Å²) >= 11 is 0. The van der Waals surface area contributed by atoms with E-state index >= 15 is 0 Å². The Kier molecular flexibility index (Phi) is 3.15. The van der Waals surface area contributed by atoms with E-state index in [9.17, 15) is 4.79 Å². The third kappa shape index (κ3) is 2.03. The average molecular weight is 214 g/mol. The second kappa shape index (κ2) is 4.75. The topological polar surface area (TPSA) is 45.8 Å². The fourth-order valence-electron chi connectivity index (χ4n) is 1.69. The van der Waals surface area contributed by atoms with E-state index < -0.39 is 0 Å². The van der Waals surface area contributed by atoms with Crippen LogP contribution in [0.5, 0.6) is 0 Å². The molecule has 1 aromatic carbocycles. The van der Waals surface area contributed by atoms with Crippen molar-refractivity contribution in [3.8, 4) is 11.3 Å². The molecule has 0 aliphatic heterocycles. The lowest BCUT2D eigenvalue weighted by Gasteiger charge is -1.95. The van der Waals surface area contributed by atoms with Gasteiger partial charge in [-0.3, -0.25) is 4.79 Å². The van der Waals surface area contributed by atoms with E-state index in [0.29, 0.717) is 5.69 Å². The van der Waals surface area contributed by atoms with Crippen molar-refractivity contribution in [3.05, 3.63) is 41.9 Å². The van der Waals surface area contributed by atoms with E-state index in [1.54, 1.807) is 0 Å². The van der Waals surface area contributed by atoms with Crippen LogP contribution in [0.3, 0.4) is 0 Å². The fourth-order valence-corrected chi connectivity index (χ4v) is 1.69. The Morgan fingerprint density at radius 2 is 2.06 bits per heavy atom. The summed E-state index contributed by atoms with van der Waals surface area (Å²) in [6.07, 6.45) is 2.71. The SMILES string of the molecule is CCCc1nc(-c2ccccc2)c(C=O)[nH]1. The number of benzene rings is 1. The molecule has 1 N–H and O–H groups in total. The molecular weight excluding hydrogens is 200 g/mol. The van der Waals surface area contributed by atoms with Crippen LogP contribution in [-0.4, -0.2) is 16.3 Å². The van der Waals surface area contributed by atoms with Crippen molar-refractivity contribution in [3.63, 3.8) is 0 Å². The summed E-state index contributed by atoms with van der Waals surface area (Å²) in [5.74, 6) is 0.878. The molecule has 0 bridgehead atoms. The average Bonchev–Trinajstić information content (AvgIpc) is 2.74. The lowest BCUT2D eigenvalue weighted by molar-refractivity contribution is 0.112. The smallest absolute Gasteiger partial charge is 0.168 e. The van der Waals surface area contributed by atoms with Crippen molar-refractivity contribution in [2.45, 2.75) is 19.8 Å². The second-order valence-corrected chi connectivity index (χ2v) is 3.68. The van der Waals surface area contributed by atoms with Crippen LogP contribution in [0.4, 0.5) is 0 Å². The molecule has 2 rings (SSSR count). The number of carbonyl (C=O) groups excluding carboxylic acids is 1. The summed E-state index contributed by atoms with van der Waals surface area (Å²) in [5, 5.41) is 0. The molecule has 1 aromatic heterocycles. The monoisotopic (exact) mass is 214 g/mol. The first kappa shape index (κ1) is 10.6. The van der Waals surface area contributed by atoms with Crippen LogP contribution in [-0.2, 0) is 6.42 Å². The predicted octanol–water partition coefficient (Wildman–Crippen LogP) is 2.84. The number of nitrogens with one attached hydrogen (secondary N) is 1. The Morgan fingerprint density at radius 1 is 1.31 bits per heavy atom. The molecule has 3 heteroatoms. The molecule has 2 aromatic rings. The summed E-state index contributed by atoms with van der Waals surface area (Å²) in [4.78, 5) is 18.5. The van der Waals surface area contributed by atoms with Gasteiger partial charge >= 0.3 is 0 Å². The van der Waals surface area contributed by atoms with E-state index in [1.807, 2.05) is 30.3 Å². The maximum atomic E-state index is 10.9. The van der Waals surface area contributed by atoms with Gasteiger partial charge in [0.25, 0.3) is 0 Å². The van der Waals surface area contributed by atoms with Crippen LogP contribution in [0.2, 0.25) is 0 Å². The van der Waals surface area contributed by atoms with Crippen molar-refractivity contribution in [1.82, 2.24) is 9.97 Å². The molecule has 0 aliphatic carbocycles. The molecule has 3 nitrogen and oxygen atoms in total. The van der Waals surface area contributed by atoms with Crippen LogP contribution in [0.1, 0.15) is 29.7 Å². The number of aldehydes is 1. The van der Waals surface area contributed by atoms with Gasteiger partial charge in [0.15, 0.2) is 6.29 Å². The van der Waals surface area contributed by atoms with Gasteiger partial charge in [-0.25, -0.2) is 4.98 Å². The molecule has 0 saturated heterocycles. The Hall–Kier alpha value is -1.90. The second-order valence-electron chi connectivity index (χ2n) is 3.68. The van der Waals surface area contributed by atoms with Gasteiger partial charge in [-0.1, -0.05) is 37.3 Å².